The Kier molecular flexibility index (Phi) is 5.24. The van der Waals surface area contributed by atoms with E-state index in [1.54, 1.807) is 12.1 Å². The van der Waals surface area contributed by atoms with Crippen molar-refractivity contribution in [1.29, 1.82) is 0 Å². The van der Waals surface area contributed by atoms with Gasteiger partial charge in [-0.2, -0.15) is 4.98 Å². The summed E-state index contributed by atoms with van der Waals surface area (Å²) in [6, 6.07) is 14.8. The predicted octanol–water partition coefficient (Wildman–Crippen LogP) is 4.85. The van der Waals surface area contributed by atoms with Crippen molar-refractivity contribution in [3.05, 3.63) is 74.7 Å². The summed E-state index contributed by atoms with van der Waals surface area (Å²) in [5.41, 5.74) is 2.56. The Bertz CT molecular complexity index is 1110. The summed E-state index contributed by atoms with van der Waals surface area (Å²) < 4.78 is 2.71. The molecule has 2 aromatic carbocycles. The number of fused-ring (bicyclic) bond motifs is 1. The van der Waals surface area contributed by atoms with Crippen molar-refractivity contribution in [2.45, 2.75) is 6.42 Å². The molecule has 0 aliphatic heterocycles. The number of amides is 1. The summed E-state index contributed by atoms with van der Waals surface area (Å²) in [4.78, 5) is 17.6. The van der Waals surface area contributed by atoms with E-state index in [0.717, 1.165) is 20.7 Å². The predicted molar refractivity (Wildman–Crippen MR) is 111 cm³/mol. The van der Waals surface area contributed by atoms with Crippen LogP contribution in [-0.2, 0) is 6.42 Å². The monoisotopic (exact) mass is 460 g/mol. The average molecular weight is 462 g/mol. The summed E-state index contributed by atoms with van der Waals surface area (Å²) >= 11 is 10.8. The minimum absolute atomic E-state index is 0.0942. The maximum atomic E-state index is 12.2. The van der Waals surface area contributed by atoms with Gasteiger partial charge in [0.05, 0.1) is 5.69 Å². The van der Waals surface area contributed by atoms with E-state index in [1.807, 2.05) is 46.3 Å². The molecule has 0 saturated carbocycles. The van der Waals surface area contributed by atoms with E-state index in [4.69, 9.17) is 11.6 Å². The van der Waals surface area contributed by atoms with Crippen LogP contribution < -0.4 is 5.32 Å². The lowest BCUT2D eigenvalue weighted by Gasteiger charge is -2.05. The van der Waals surface area contributed by atoms with Crippen LogP contribution in [0.3, 0.4) is 0 Å². The number of benzene rings is 2. The highest BCUT2D eigenvalue weighted by atomic mass is 79.9. The average Bonchev–Trinajstić information content (AvgIpc) is 3.24. The molecule has 2 heterocycles. The fourth-order valence-corrected chi connectivity index (χ4v) is 4.04. The molecular weight excluding hydrogens is 448 g/mol. The number of carbonyl (C=O) groups excluding carboxylic acids is 1. The molecule has 0 bridgehead atoms. The molecule has 4 aromatic rings. The number of carbonyl (C=O) groups is 1. The van der Waals surface area contributed by atoms with Crippen LogP contribution in [0.25, 0.3) is 16.3 Å². The second-order valence-electron chi connectivity index (χ2n) is 5.88. The molecule has 0 fully saturated rings. The van der Waals surface area contributed by atoms with E-state index in [9.17, 15) is 4.79 Å². The first-order valence-corrected chi connectivity index (χ1v) is 10.3. The van der Waals surface area contributed by atoms with Crippen LogP contribution in [-0.4, -0.2) is 27.0 Å². The van der Waals surface area contributed by atoms with Crippen LogP contribution in [0.2, 0.25) is 5.02 Å². The third-order valence-electron chi connectivity index (χ3n) is 4.01. The SMILES string of the molecule is O=C(NCCc1csc2nc(-c3ccc(Cl)cc3)nn12)c1cccc(Br)c1. The highest BCUT2D eigenvalue weighted by Crippen LogP contribution is 2.22. The molecule has 1 amide bonds. The molecule has 0 aliphatic carbocycles. The Balaban J connectivity index is 1.45. The first-order valence-electron chi connectivity index (χ1n) is 8.23. The molecule has 5 nitrogen and oxygen atoms in total. The van der Waals surface area contributed by atoms with Crippen molar-refractivity contribution in [3.8, 4) is 11.4 Å². The van der Waals surface area contributed by atoms with Gasteiger partial charge >= 0.3 is 0 Å². The lowest BCUT2D eigenvalue weighted by molar-refractivity contribution is 0.0954. The van der Waals surface area contributed by atoms with Gasteiger partial charge in [-0.25, -0.2) is 4.52 Å². The van der Waals surface area contributed by atoms with Crippen LogP contribution in [0.15, 0.2) is 58.4 Å². The quantitative estimate of drug-likeness (QED) is 0.462. The summed E-state index contributed by atoms with van der Waals surface area (Å²) in [6.07, 6.45) is 0.670. The fourth-order valence-electron chi connectivity index (χ4n) is 2.65. The second-order valence-corrected chi connectivity index (χ2v) is 8.07. The third-order valence-corrected chi connectivity index (χ3v) is 5.62. The molecule has 2 aromatic heterocycles. The maximum Gasteiger partial charge on any atom is 0.251 e. The standard InChI is InChI=1S/C19H14BrClN4OS/c20-14-3-1-2-13(10-14)18(26)22-9-8-16-11-27-19-23-17(24-25(16)19)12-4-6-15(21)7-5-12/h1-7,10-11H,8-9H2,(H,22,26). The third kappa shape index (κ3) is 4.05. The number of hydrogen-bond donors (Lipinski definition) is 1. The van der Waals surface area contributed by atoms with Gasteiger partial charge in [0.15, 0.2) is 5.82 Å². The van der Waals surface area contributed by atoms with E-state index in [-0.39, 0.29) is 5.91 Å². The minimum Gasteiger partial charge on any atom is -0.352 e. The van der Waals surface area contributed by atoms with Gasteiger partial charge in [-0.05, 0) is 42.5 Å². The molecule has 0 aliphatic rings. The first-order chi connectivity index (χ1) is 13.1. The molecule has 0 radical (unpaired) electrons. The maximum absolute atomic E-state index is 12.2. The Morgan fingerprint density at radius 2 is 2.04 bits per heavy atom. The topological polar surface area (TPSA) is 59.3 Å². The number of hydrogen-bond acceptors (Lipinski definition) is 4. The van der Waals surface area contributed by atoms with Gasteiger partial charge in [-0.15, -0.1) is 16.4 Å². The largest absolute Gasteiger partial charge is 0.352 e. The van der Waals surface area contributed by atoms with Crippen molar-refractivity contribution in [3.63, 3.8) is 0 Å². The number of thiazole rings is 1. The Morgan fingerprint density at radius 3 is 2.81 bits per heavy atom. The first kappa shape index (κ1) is 18.2. The molecule has 0 unspecified atom stereocenters. The molecule has 0 atom stereocenters. The van der Waals surface area contributed by atoms with E-state index in [2.05, 4.69) is 31.3 Å². The summed E-state index contributed by atoms with van der Waals surface area (Å²) in [5, 5.41) is 10.2. The van der Waals surface area contributed by atoms with Crippen LogP contribution in [0.1, 0.15) is 16.1 Å². The zero-order chi connectivity index (χ0) is 18.8. The number of rotatable bonds is 5. The normalized spacial score (nSPS) is 11.0. The Labute approximate surface area is 173 Å². The smallest absolute Gasteiger partial charge is 0.251 e. The van der Waals surface area contributed by atoms with Crippen LogP contribution in [0, 0.1) is 0 Å². The molecule has 1 N–H and O–H groups in total. The fraction of sp³-hybridized carbons (Fsp3) is 0.105. The lowest BCUT2D eigenvalue weighted by atomic mass is 10.2. The molecule has 27 heavy (non-hydrogen) atoms. The minimum atomic E-state index is -0.0942. The number of nitrogens with zero attached hydrogens (tertiary/aromatic N) is 3. The molecule has 0 spiro atoms. The van der Waals surface area contributed by atoms with Gasteiger partial charge in [0.1, 0.15) is 0 Å². The van der Waals surface area contributed by atoms with E-state index >= 15 is 0 Å². The number of nitrogens with one attached hydrogen (secondary N) is 1. The second kappa shape index (κ2) is 7.80. The van der Waals surface area contributed by atoms with Crippen molar-refractivity contribution in [1.82, 2.24) is 19.9 Å². The highest BCUT2D eigenvalue weighted by Gasteiger charge is 2.12. The van der Waals surface area contributed by atoms with E-state index < -0.39 is 0 Å². The van der Waals surface area contributed by atoms with Gasteiger partial charge in [0.2, 0.25) is 4.96 Å². The molecule has 8 heteroatoms. The number of aromatic nitrogens is 3. The summed E-state index contributed by atoms with van der Waals surface area (Å²) in [5.74, 6) is 0.571. The molecule has 4 rings (SSSR count). The van der Waals surface area contributed by atoms with Gasteiger partial charge in [-0.3, -0.25) is 4.79 Å². The van der Waals surface area contributed by atoms with Crippen molar-refractivity contribution >= 4 is 49.7 Å². The molecule has 136 valence electrons. The Morgan fingerprint density at radius 1 is 1.22 bits per heavy atom. The number of halogens is 2. The van der Waals surface area contributed by atoms with Crippen LogP contribution >= 0.6 is 38.9 Å². The summed E-state index contributed by atoms with van der Waals surface area (Å²) in [7, 11) is 0. The van der Waals surface area contributed by atoms with E-state index in [0.29, 0.717) is 29.4 Å². The van der Waals surface area contributed by atoms with Gasteiger partial charge in [-0.1, -0.05) is 33.6 Å². The van der Waals surface area contributed by atoms with Crippen LogP contribution in [0.4, 0.5) is 0 Å². The molecule has 0 saturated heterocycles. The van der Waals surface area contributed by atoms with Crippen LogP contribution in [0.5, 0.6) is 0 Å². The van der Waals surface area contributed by atoms with Gasteiger partial charge < -0.3 is 5.32 Å². The molecular formula is C19H14BrClN4OS. The van der Waals surface area contributed by atoms with E-state index in [1.165, 1.54) is 11.3 Å². The van der Waals surface area contributed by atoms with Crippen molar-refractivity contribution < 1.29 is 4.79 Å². The van der Waals surface area contributed by atoms with Crippen molar-refractivity contribution in [2.75, 3.05) is 6.54 Å². The van der Waals surface area contributed by atoms with Crippen molar-refractivity contribution in [2.24, 2.45) is 0 Å². The van der Waals surface area contributed by atoms with Gasteiger partial charge in [0.25, 0.3) is 5.91 Å². The summed E-state index contributed by atoms with van der Waals surface area (Å²) in [6.45, 7) is 0.521. The van der Waals surface area contributed by atoms with Gasteiger partial charge in [0, 0.05) is 39.0 Å². The zero-order valence-corrected chi connectivity index (χ0v) is 17.2. The lowest BCUT2D eigenvalue weighted by Crippen LogP contribution is -2.26. The zero-order valence-electron chi connectivity index (χ0n) is 14.0. The Hall–Kier alpha value is -2.22. The highest BCUT2D eigenvalue weighted by molar-refractivity contribution is 9.10.